The van der Waals surface area contributed by atoms with Gasteiger partial charge in [-0.3, -0.25) is 9.52 Å². The number of anilines is 2. The molecule has 0 radical (unpaired) electrons. The highest BCUT2D eigenvalue weighted by atomic mass is 35.5. The number of hydrogen-bond acceptors (Lipinski definition) is 3. The average molecular weight is 447 g/mol. The molecule has 3 aromatic carbocycles. The molecule has 0 heterocycles. The van der Waals surface area contributed by atoms with E-state index < -0.39 is 15.8 Å². The van der Waals surface area contributed by atoms with Gasteiger partial charge in [0, 0.05) is 16.9 Å². The largest absolute Gasteiger partial charge is 0.322 e. The predicted octanol–water partition coefficient (Wildman–Crippen LogP) is 5.48. The lowest BCUT2D eigenvalue weighted by atomic mass is 10.1. The van der Waals surface area contributed by atoms with Crippen LogP contribution in [0, 0.1) is 5.82 Å². The van der Waals surface area contributed by atoms with Gasteiger partial charge in [0.25, 0.3) is 15.9 Å². The maximum atomic E-state index is 13.3. The summed E-state index contributed by atoms with van der Waals surface area (Å²) in [6.45, 7) is 2.11. The van der Waals surface area contributed by atoms with Crippen LogP contribution in [0.25, 0.3) is 0 Å². The Balaban J connectivity index is 1.67. The van der Waals surface area contributed by atoms with Crippen LogP contribution >= 0.6 is 11.6 Å². The van der Waals surface area contributed by atoms with Gasteiger partial charge in [-0.25, -0.2) is 12.8 Å². The lowest BCUT2D eigenvalue weighted by Crippen LogP contribution is -2.14. The highest BCUT2D eigenvalue weighted by Gasteiger charge is 2.16. The van der Waals surface area contributed by atoms with Crippen LogP contribution < -0.4 is 10.0 Å². The number of nitrogens with one attached hydrogen (secondary N) is 2. The fourth-order valence-electron chi connectivity index (χ4n) is 2.79. The van der Waals surface area contributed by atoms with Crippen molar-refractivity contribution in [3.8, 4) is 0 Å². The number of hydrogen-bond donors (Lipinski definition) is 2. The Bertz CT molecular complexity index is 1150. The first-order valence-electron chi connectivity index (χ1n) is 9.27. The van der Waals surface area contributed by atoms with Crippen LogP contribution in [0.3, 0.4) is 0 Å². The van der Waals surface area contributed by atoms with Gasteiger partial charge in [-0.2, -0.15) is 0 Å². The van der Waals surface area contributed by atoms with Crippen LogP contribution in [0.15, 0.2) is 71.6 Å². The summed E-state index contributed by atoms with van der Waals surface area (Å²) in [7, 11) is -3.94. The first-order valence-corrected chi connectivity index (χ1v) is 11.1. The van der Waals surface area contributed by atoms with Gasteiger partial charge < -0.3 is 5.32 Å². The normalized spacial score (nSPS) is 11.2. The number of carbonyl (C=O) groups is 1. The van der Waals surface area contributed by atoms with Crippen LogP contribution in [0.4, 0.5) is 15.8 Å². The summed E-state index contributed by atoms with van der Waals surface area (Å²) in [6, 6.07) is 16.7. The van der Waals surface area contributed by atoms with E-state index in [1.54, 1.807) is 0 Å². The summed E-state index contributed by atoms with van der Waals surface area (Å²) < 4.78 is 40.5. The zero-order chi connectivity index (χ0) is 21.7. The zero-order valence-corrected chi connectivity index (χ0v) is 17.7. The van der Waals surface area contributed by atoms with Crippen LogP contribution in [-0.2, 0) is 16.4 Å². The molecule has 0 saturated heterocycles. The number of halogens is 2. The fraction of sp³-hybridized carbons (Fsp3) is 0.136. The molecule has 0 aromatic heterocycles. The van der Waals surface area contributed by atoms with Crippen molar-refractivity contribution >= 4 is 38.9 Å². The van der Waals surface area contributed by atoms with Crippen molar-refractivity contribution in [2.24, 2.45) is 0 Å². The molecule has 0 atom stereocenters. The second-order valence-corrected chi connectivity index (χ2v) is 8.75. The molecule has 5 nitrogen and oxygen atoms in total. The Morgan fingerprint density at radius 3 is 2.20 bits per heavy atom. The third-order valence-electron chi connectivity index (χ3n) is 4.35. The quantitative estimate of drug-likeness (QED) is 0.504. The van der Waals surface area contributed by atoms with E-state index >= 15 is 0 Å². The molecule has 0 saturated carbocycles. The standard InChI is InChI=1S/C22H20ClFN2O3S/c1-2-3-15-4-8-17(9-5-15)25-22(27)16-6-10-18(11-7-16)26-30(28,29)19-12-13-21(24)20(23)14-19/h4-14,26H,2-3H2,1H3,(H,25,27). The highest BCUT2D eigenvalue weighted by molar-refractivity contribution is 7.92. The molecule has 0 unspecified atom stereocenters. The van der Waals surface area contributed by atoms with E-state index in [4.69, 9.17) is 11.6 Å². The topological polar surface area (TPSA) is 75.3 Å². The second kappa shape index (κ2) is 9.28. The smallest absolute Gasteiger partial charge is 0.261 e. The SMILES string of the molecule is CCCc1ccc(NC(=O)c2ccc(NS(=O)(=O)c3ccc(F)c(Cl)c3)cc2)cc1. The minimum absolute atomic E-state index is 0.165. The number of amides is 1. The predicted molar refractivity (Wildman–Crippen MR) is 117 cm³/mol. The molecule has 0 bridgehead atoms. The van der Waals surface area contributed by atoms with E-state index in [9.17, 15) is 17.6 Å². The first kappa shape index (κ1) is 21.8. The van der Waals surface area contributed by atoms with Crippen LogP contribution in [0.2, 0.25) is 5.02 Å². The molecule has 2 N–H and O–H groups in total. The summed E-state index contributed by atoms with van der Waals surface area (Å²) in [5, 5.41) is 2.52. The van der Waals surface area contributed by atoms with Crippen LogP contribution in [0.1, 0.15) is 29.3 Å². The molecule has 3 rings (SSSR count). The molecule has 0 fully saturated rings. The van der Waals surface area contributed by atoms with E-state index in [0.717, 1.165) is 31.0 Å². The van der Waals surface area contributed by atoms with Gasteiger partial charge in [-0.15, -0.1) is 0 Å². The van der Waals surface area contributed by atoms with E-state index in [1.165, 1.54) is 29.8 Å². The molecular weight excluding hydrogens is 427 g/mol. The Morgan fingerprint density at radius 2 is 1.60 bits per heavy atom. The van der Waals surface area contributed by atoms with E-state index in [-0.39, 0.29) is 21.5 Å². The van der Waals surface area contributed by atoms with Crippen molar-refractivity contribution in [2.45, 2.75) is 24.7 Å². The van der Waals surface area contributed by atoms with Gasteiger partial charge in [-0.1, -0.05) is 37.1 Å². The summed E-state index contributed by atoms with van der Waals surface area (Å²) in [4.78, 5) is 12.2. The Labute approximate surface area is 179 Å². The molecule has 0 spiro atoms. The third kappa shape index (κ3) is 5.37. The molecule has 156 valence electrons. The monoisotopic (exact) mass is 446 g/mol. The number of carbonyl (C=O) groups excluding carboxylic acids is 1. The molecule has 8 heteroatoms. The zero-order valence-electron chi connectivity index (χ0n) is 16.2. The summed E-state index contributed by atoms with van der Waals surface area (Å²) in [6.07, 6.45) is 2.03. The maximum Gasteiger partial charge on any atom is 0.261 e. The number of benzene rings is 3. The van der Waals surface area contributed by atoms with Crippen molar-refractivity contribution < 1.29 is 17.6 Å². The van der Waals surface area contributed by atoms with E-state index in [0.29, 0.717) is 11.3 Å². The van der Waals surface area contributed by atoms with Crippen molar-refractivity contribution in [3.05, 3.63) is 88.7 Å². The van der Waals surface area contributed by atoms with Crippen molar-refractivity contribution in [1.82, 2.24) is 0 Å². The molecule has 30 heavy (non-hydrogen) atoms. The Morgan fingerprint density at radius 1 is 0.967 bits per heavy atom. The molecular formula is C22H20ClFN2O3S. The molecule has 3 aromatic rings. The second-order valence-electron chi connectivity index (χ2n) is 6.66. The molecule has 0 aliphatic carbocycles. The van der Waals surface area contributed by atoms with Gasteiger partial charge in [0.15, 0.2) is 0 Å². The maximum absolute atomic E-state index is 13.3. The molecule has 0 aliphatic heterocycles. The first-order chi connectivity index (χ1) is 14.3. The highest BCUT2D eigenvalue weighted by Crippen LogP contribution is 2.22. The van der Waals surface area contributed by atoms with Crippen molar-refractivity contribution in [1.29, 1.82) is 0 Å². The fourth-order valence-corrected chi connectivity index (χ4v) is 4.12. The van der Waals surface area contributed by atoms with Gasteiger partial charge in [0.05, 0.1) is 9.92 Å². The molecule has 1 amide bonds. The Kier molecular flexibility index (Phi) is 6.74. The number of rotatable bonds is 7. The van der Waals surface area contributed by atoms with Gasteiger partial charge in [-0.05, 0) is 66.6 Å². The van der Waals surface area contributed by atoms with Gasteiger partial charge in [0.2, 0.25) is 0 Å². The number of sulfonamides is 1. The van der Waals surface area contributed by atoms with E-state index in [1.807, 2.05) is 24.3 Å². The minimum Gasteiger partial charge on any atom is -0.322 e. The summed E-state index contributed by atoms with van der Waals surface area (Å²) in [5.74, 6) is -1.01. The van der Waals surface area contributed by atoms with Crippen molar-refractivity contribution in [3.63, 3.8) is 0 Å². The Hall–Kier alpha value is -2.90. The van der Waals surface area contributed by atoms with Crippen LogP contribution in [0.5, 0.6) is 0 Å². The van der Waals surface area contributed by atoms with Gasteiger partial charge in [0.1, 0.15) is 5.82 Å². The third-order valence-corrected chi connectivity index (χ3v) is 6.02. The van der Waals surface area contributed by atoms with Gasteiger partial charge >= 0.3 is 0 Å². The average Bonchev–Trinajstić information content (AvgIpc) is 2.72. The lowest BCUT2D eigenvalue weighted by Gasteiger charge is -2.10. The van der Waals surface area contributed by atoms with Crippen LogP contribution in [-0.4, -0.2) is 14.3 Å². The summed E-state index contributed by atoms with van der Waals surface area (Å²) >= 11 is 5.66. The number of aryl methyl sites for hydroxylation is 1. The molecule has 0 aliphatic rings. The minimum atomic E-state index is -3.94. The van der Waals surface area contributed by atoms with E-state index in [2.05, 4.69) is 17.0 Å². The summed E-state index contributed by atoms with van der Waals surface area (Å²) in [5.41, 5.74) is 2.52. The lowest BCUT2D eigenvalue weighted by molar-refractivity contribution is 0.102. The van der Waals surface area contributed by atoms with Crippen molar-refractivity contribution in [2.75, 3.05) is 10.0 Å².